The van der Waals surface area contributed by atoms with Gasteiger partial charge >= 0.3 is 0 Å². The molecule has 2 nitrogen and oxygen atoms in total. The van der Waals surface area contributed by atoms with Crippen LogP contribution in [-0.4, -0.2) is 30.2 Å². The highest BCUT2D eigenvalue weighted by atomic mass is 28.4. The SMILES string of the molecule is C.C.C.C.C.C.C.C[Si](C)(C)C.C[Si](C)(C)O[Si](C)(C)C.O. The van der Waals surface area contributed by atoms with Crippen molar-refractivity contribution >= 4 is 24.7 Å². The highest BCUT2D eigenvalue weighted by Crippen LogP contribution is 2.12. The van der Waals surface area contributed by atoms with E-state index < -0.39 is 24.7 Å². The summed E-state index contributed by atoms with van der Waals surface area (Å²) in [4.78, 5) is 0. The van der Waals surface area contributed by atoms with Crippen molar-refractivity contribution in [3.05, 3.63) is 0 Å². The van der Waals surface area contributed by atoms with Gasteiger partial charge < -0.3 is 9.59 Å². The van der Waals surface area contributed by atoms with Gasteiger partial charge in [0.15, 0.2) is 16.6 Å². The molecule has 0 aliphatic rings. The molecule has 5 heteroatoms. The topological polar surface area (TPSA) is 40.7 Å². The van der Waals surface area contributed by atoms with Crippen LogP contribution in [0.5, 0.6) is 0 Å². The molecule has 0 fully saturated rings. The lowest BCUT2D eigenvalue weighted by Crippen LogP contribution is -2.39. The van der Waals surface area contributed by atoms with Crippen LogP contribution < -0.4 is 0 Å². The summed E-state index contributed by atoms with van der Waals surface area (Å²) in [5.74, 6) is 0. The Kier molecular flexibility index (Phi) is 72.0. The van der Waals surface area contributed by atoms with E-state index in [0.29, 0.717) is 0 Å². The lowest BCUT2D eigenvalue weighted by Gasteiger charge is -2.27. The van der Waals surface area contributed by atoms with Crippen molar-refractivity contribution in [2.24, 2.45) is 0 Å². The molecule has 0 amide bonds. The van der Waals surface area contributed by atoms with Crippen LogP contribution in [0.2, 0.25) is 65.5 Å². The second-order valence-corrected chi connectivity index (χ2v) is 22.6. The van der Waals surface area contributed by atoms with Crippen LogP contribution in [0.1, 0.15) is 52.0 Å². The molecule has 2 N–H and O–H groups in total. The van der Waals surface area contributed by atoms with Crippen molar-refractivity contribution in [1.29, 1.82) is 0 Å². The van der Waals surface area contributed by atoms with E-state index in [1.54, 1.807) is 0 Å². The van der Waals surface area contributed by atoms with E-state index in [-0.39, 0.29) is 57.5 Å². The van der Waals surface area contributed by atoms with Crippen molar-refractivity contribution in [1.82, 2.24) is 0 Å². The fourth-order valence-corrected chi connectivity index (χ4v) is 8.27. The summed E-state index contributed by atoms with van der Waals surface area (Å²) in [5.41, 5.74) is 0. The van der Waals surface area contributed by atoms with Crippen LogP contribution in [-0.2, 0) is 4.12 Å². The van der Waals surface area contributed by atoms with Gasteiger partial charge in [0, 0.05) is 8.07 Å². The Morgan fingerprint density at radius 1 is 0.409 bits per heavy atom. The van der Waals surface area contributed by atoms with E-state index in [4.69, 9.17) is 4.12 Å². The lowest BCUT2D eigenvalue weighted by atomic mass is 11.8. The van der Waals surface area contributed by atoms with Gasteiger partial charge in [-0.2, -0.15) is 0 Å². The average Bonchev–Trinajstić information content (AvgIpc) is 1.42. The fraction of sp³-hybridized carbons (Fsp3) is 1.00. The maximum atomic E-state index is 5.90. The first-order valence-corrected chi connectivity index (χ1v) is 16.2. The quantitative estimate of drug-likeness (QED) is 0.444. The van der Waals surface area contributed by atoms with Gasteiger partial charge in [0.2, 0.25) is 0 Å². The van der Waals surface area contributed by atoms with Crippen LogP contribution in [0.3, 0.4) is 0 Å². The number of hydrogen-bond donors (Lipinski definition) is 0. The zero-order valence-corrected chi connectivity index (χ0v) is 15.4. The zero-order valence-electron chi connectivity index (χ0n) is 12.4. The van der Waals surface area contributed by atoms with Gasteiger partial charge in [0.05, 0.1) is 0 Å². The summed E-state index contributed by atoms with van der Waals surface area (Å²) in [6.07, 6.45) is 0. The third kappa shape index (κ3) is 182. The van der Waals surface area contributed by atoms with E-state index >= 15 is 0 Å². The van der Waals surface area contributed by atoms with Gasteiger partial charge in [-0.15, -0.1) is 0 Å². The first-order valence-electron chi connectivity index (χ1n) is 5.41. The molecule has 0 rings (SSSR count). The standard InChI is InChI=1S/C6H18OSi2.C4H12Si.7CH4.H2O/c1-8(2,3)7-9(4,5)6;1-5(2,3)4;;;;;;;;/h1-6H3;1-4H3;7*1H4;1H2. The second-order valence-electron chi connectivity index (χ2n) is 7.33. The van der Waals surface area contributed by atoms with E-state index in [0.717, 1.165) is 0 Å². The van der Waals surface area contributed by atoms with E-state index in [2.05, 4.69) is 65.5 Å². The van der Waals surface area contributed by atoms with Crippen LogP contribution >= 0.6 is 0 Å². The van der Waals surface area contributed by atoms with Crippen molar-refractivity contribution in [3.8, 4) is 0 Å². The van der Waals surface area contributed by atoms with E-state index in [1.807, 2.05) is 0 Å². The number of hydrogen-bond acceptors (Lipinski definition) is 1. The first kappa shape index (κ1) is 66.5. The Balaban J connectivity index is -0.0000000128. The third-order valence-electron chi connectivity index (χ3n) is 0.612. The zero-order chi connectivity index (χ0) is 12.2. The molecule has 0 unspecified atom stereocenters. The van der Waals surface area contributed by atoms with Crippen LogP contribution in [0.15, 0.2) is 0 Å². The fourth-order valence-electron chi connectivity index (χ4n) is 0.919. The molecule has 0 aromatic rings. The van der Waals surface area contributed by atoms with Gasteiger partial charge in [-0.1, -0.05) is 78.2 Å². The average molecular weight is 381 g/mol. The summed E-state index contributed by atoms with van der Waals surface area (Å²) in [6.45, 7) is 22.8. The van der Waals surface area contributed by atoms with Crippen LogP contribution in [0.25, 0.3) is 0 Å². The Hall–Kier alpha value is 0.571. The number of rotatable bonds is 2. The molecule has 0 aromatic heterocycles. The molecule has 0 atom stereocenters. The third-order valence-corrected chi connectivity index (χ3v) is 5.51. The molecular formula is C17H60O2Si3. The summed E-state index contributed by atoms with van der Waals surface area (Å²) in [7, 11) is -3.07. The van der Waals surface area contributed by atoms with Crippen LogP contribution in [0, 0.1) is 0 Å². The molecule has 0 aromatic carbocycles. The van der Waals surface area contributed by atoms with Crippen molar-refractivity contribution in [3.63, 3.8) is 0 Å². The Morgan fingerprint density at radius 2 is 0.500 bits per heavy atom. The first-order chi connectivity index (χ1) is 5.71. The Morgan fingerprint density at radius 3 is 0.500 bits per heavy atom. The molecular weight excluding hydrogens is 320 g/mol. The summed E-state index contributed by atoms with van der Waals surface area (Å²) in [5, 5.41) is 0. The Bertz CT molecular complexity index is 137. The van der Waals surface area contributed by atoms with Gasteiger partial charge in [-0.3, -0.25) is 0 Å². The van der Waals surface area contributed by atoms with Gasteiger partial charge in [-0.25, -0.2) is 0 Å². The van der Waals surface area contributed by atoms with E-state index in [1.165, 1.54) is 0 Å². The largest absolute Gasteiger partial charge is 0.456 e. The molecule has 0 bridgehead atoms. The molecule has 152 valence electrons. The summed E-state index contributed by atoms with van der Waals surface area (Å²) >= 11 is 0. The van der Waals surface area contributed by atoms with Crippen molar-refractivity contribution in [2.45, 2.75) is 117 Å². The van der Waals surface area contributed by atoms with E-state index in [9.17, 15) is 0 Å². The maximum Gasteiger partial charge on any atom is 0.170 e. The minimum Gasteiger partial charge on any atom is -0.456 e. The predicted octanol–water partition coefficient (Wildman–Crippen LogP) is 8.26. The highest BCUT2D eigenvalue weighted by Gasteiger charge is 2.24. The molecule has 0 aliphatic heterocycles. The molecule has 0 aliphatic carbocycles. The van der Waals surface area contributed by atoms with Crippen molar-refractivity contribution in [2.75, 3.05) is 0 Å². The molecule has 22 heavy (non-hydrogen) atoms. The normalized spacial score (nSPS) is 8.45. The van der Waals surface area contributed by atoms with Crippen LogP contribution in [0.4, 0.5) is 0 Å². The predicted molar refractivity (Wildman–Crippen MR) is 128 cm³/mol. The summed E-state index contributed by atoms with van der Waals surface area (Å²) in [6, 6.07) is 0. The molecule has 0 spiro atoms. The lowest BCUT2D eigenvalue weighted by molar-refractivity contribution is 0.559. The molecule has 0 saturated heterocycles. The minimum atomic E-state index is -1.23. The van der Waals surface area contributed by atoms with Crippen molar-refractivity contribution < 1.29 is 9.59 Å². The Labute approximate surface area is 152 Å². The van der Waals surface area contributed by atoms with Gasteiger partial charge in [-0.05, 0) is 39.3 Å². The molecule has 0 saturated carbocycles. The maximum absolute atomic E-state index is 5.90. The van der Waals surface area contributed by atoms with Gasteiger partial charge in [0.1, 0.15) is 0 Å². The summed E-state index contributed by atoms with van der Waals surface area (Å²) < 4.78 is 5.90. The molecule has 0 heterocycles. The monoisotopic (exact) mass is 380 g/mol. The highest BCUT2D eigenvalue weighted by molar-refractivity contribution is 6.83. The second kappa shape index (κ2) is 23.8. The minimum absolute atomic E-state index is 0. The van der Waals surface area contributed by atoms with Gasteiger partial charge in [0.25, 0.3) is 0 Å². The molecule has 0 radical (unpaired) electrons. The smallest absolute Gasteiger partial charge is 0.170 e.